The standard InChI is InChI=1S/C27H44/c1-19(2)9-8-10-20(3)23-14-15-24-22-13-12-21-11-6-7-17-26(21,4)25(22)16-18-27(23,24)5/h6-7,11,19-20,22-25H,8-10,12-18H2,1-5H3/t20?,22?,23?,24?,25?,26-,27+/m0/s1. The number of fused-ring (bicyclic) bond motifs is 5. The molecule has 152 valence electrons. The molecule has 4 rings (SSSR count). The molecule has 0 nitrogen and oxygen atoms in total. The number of hydrogen-bond acceptors (Lipinski definition) is 0. The zero-order valence-corrected chi connectivity index (χ0v) is 18.8. The van der Waals surface area contributed by atoms with Gasteiger partial charge in [-0.15, -0.1) is 0 Å². The Morgan fingerprint density at radius 3 is 2.59 bits per heavy atom. The minimum atomic E-state index is 0.486. The van der Waals surface area contributed by atoms with E-state index in [1.165, 1.54) is 64.2 Å². The smallest absolute Gasteiger partial charge is 0.00477 e. The molecule has 4 aliphatic carbocycles. The molecule has 27 heavy (non-hydrogen) atoms. The van der Waals surface area contributed by atoms with Crippen LogP contribution in [0.3, 0.4) is 0 Å². The zero-order chi connectivity index (χ0) is 19.2. The summed E-state index contributed by atoms with van der Waals surface area (Å²) in [7, 11) is 0. The van der Waals surface area contributed by atoms with Crippen LogP contribution >= 0.6 is 0 Å². The van der Waals surface area contributed by atoms with E-state index in [2.05, 4.69) is 52.8 Å². The Labute approximate surface area is 169 Å². The van der Waals surface area contributed by atoms with E-state index < -0.39 is 0 Å². The van der Waals surface area contributed by atoms with E-state index in [4.69, 9.17) is 0 Å². The summed E-state index contributed by atoms with van der Waals surface area (Å²) in [5.74, 6) is 5.77. The highest BCUT2D eigenvalue weighted by Crippen LogP contribution is 2.67. The van der Waals surface area contributed by atoms with Crippen molar-refractivity contribution >= 4 is 0 Å². The normalized spacial score (nSPS) is 44.4. The minimum Gasteiger partial charge on any atom is -0.0837 e. The highest BCUT2D eigenvalue weighted by Gasteiger charge is 2.58. The molecule has 0 saturated heterocycles. The van der Waals surface area contributed by atoms with Gasteiger partial charge in [0.05, 0.1) is 0 Å². The average molecular weight is 369 g/mol. The third-order valence-corrected chi connectivity index (χ3v) is 9.91. The van der Waals surface area contributed by atoms with E-state index in [0.717, 1.165) is 35.5 Å². The fourth-order valence-electron chi connectivity index (χ4n) is 8.40. The van der Waals surface area contributed by atoms with Gasteiger partial charge in [-0.1, -0.05) is 77.7 Å². The van der Waals surface area contributed by atoms with Crippen molar-refractivity contribution in [2.24, 2.45) is 46.3 Å². The molecule has 0 N–H and O–H groups in total. The maximum absolute atomic E-state index is 2.72. The second-order valence-corrected chi connectivity index (χ2v) is 11.7. The van der Waals surface area contributed by atoms with E-state index in [1.54, 1.807) is 5.57 Å². The summed E-state index contributed by atoms with van der Waals surface area (Å²) in [5, 5.41) is 0. The quantitative estimate of drug-likeness (QED) is 0.459. The van der Waals surface area contributed by atoms with E-state index in [9.17, 15) is 0 Å². The SMILES string of the molecule is CC(C)CCCC(C)C1CCC2C3CCC4=CC=CC[C@]4(C)C3CC[C@]12C. The molecule has 0 amide bonds. The predicted molar refractivity (Wildman–Crippen MR) is 118 cm³/mol. The van der Waals surface area contributed by atoms with Crippen molar-refractivity contribution < 1.29 is 0 Å². The lowest BCUT2D eigenvalue weighted by Gasteiger charge is -2.58. The summed E-state index contributed by atoms with van der Waals surface area (Å²) in [6, 6.07) is 0. The first-order valence-corrected chi connectivity index (χ1v) is 12.2. The Morgan fingerprint density at radius 1 is 1.00 bits per heavy atom. The van der Waals surface area contributed by atoms with Crippen LogP contribution in [0.25, 0.3) is 0 Å². The second kappa shape index (κ2) is 7.38. The van der Waals surface area contributed by atoms with Gasteiger partial charge in [0.15, 0.2) is 0 Å². The summed E-state index contributed by atoms with van der Waals surface area (Å²) in [6.07, 6.45) is 21.8. The summed E-state index contributed by atoms with van der Waals surface area (Å²) >= 11 is 0. The summed E-state index contributed by atoms with van der Waals surface area (Å²) < 4.78 is 0. The van der Waals surface area contributed by atoms with Crippen LogP contribution in [0.2, 0.25) is 0 Å². The van der Waals surface area contributed by atoms with Gasteiger partial charge >= 0.3 is 0 Å². The van der Waals surface area contributed by atoms with Crippen molar-refractivity contribution in [2.75, 3.05) is 0 Å². The Morgan fingerprint density at radius 2 is 1.81 bits per heavy atom. The average Bonchev–Trinajstić information content (AvgIpc) is 2.98. The third kappa shape index (κ3) is 3.28. The fourth-order valence-corrected chi connectivity index (χ4v) is 8.40. The maximum Gasteiger partial charge on any atom is -0.00477 e. The lowest BCUT2D eigenvalue weighted by Crippen LogP contribution is -2.50. The lowest BCUT2D eigenvalue weighted by atomic mass is 9.47. The second-order valence-electron chi connectivity index (χ2n) is 11.7. The minimum absolute atomic E-state index is 0.486. The highest BCUT2D eigenvalue weighted by atomic mass is 14.6. The Bertz CT molecular complexity index is 595. The monoisotopic (exact) mass is 368 g/mol. The molecule has 0 aromatic heterocycles. The van der Waals surface area contributed by atoms with Gasteiger partial charge in [0.1, 0.15) is 0 Å². The highest BCUT2D eigenvalue weighted by molar-refractivity contribution is 5.30. The van der Waals surface area contributed by atoms with Crippen LogP contribution in [0.15, 0.2) is 23.8 Å². The molecule has 3 saturated carbocycles. The van der Waals surface area contributed by atoms with E-state index in [1.807, 2.05) is 0 Å². The molecule has 0 heterocycles. The lowest BCUT2D eigenvalue weighted by molar-refractivity contribution is -0.0547. The number of allylic oxidation sites excluding steroid dienone is 4. The van der Waals surface area contributed by atoms with Gasteiger partial charge in [0.25, 0.3) is 0 Å². The zero-order valence-electron chi connectivity index (χ0n) is 18.8. The van der Waals surface area contributed by atoms with E-state index in [-0.39, 0.29) is 0 Å². The summed E-state index contributed by atoms with van der Waals surface area (Å²) in [4.78, 5) is 0. The Balaban J connectivity index is 1.48. The van der Waals surface area contributed by atoms with Gasteiger partial charge in [-0.2, -0.15) is 0 Å². The van der Waals surface area contributed by atoms with Crippen LogP contribution < -0.4 is 0 Å². The molecule has 0 bridgehead atoms. The molecule has 0 aliphatic heterocycles. The first-order valence-electron chi connectivity index (χ1n) is 12.2. The predicted octanol–water partition coefficient (Wildman–Crippen LogP) is 8.19. The Kier molecular flexibility index (Phi) is 5.41. The van der Waals surface area contributed by atoms with Crippen molar-refractivity contribution in [2.45, 2.75) is 98.8 Å². The molecule has 4 aliphatic rings. The number of rotatable bonds is 5. The van der Waals surface area contributed by atoms with E-state index in [0.29, 0.717) is 10.8 Å². The van der Waals surface area contributed by atoms with Crippen molar-refractivity contribution in [3.8, 4) is 0 Å². The fraction of sp³-hybridized carbons (Fsp3) is 0.852. The molecule has 0 radical (unpaired) electrons. The van der Waals surface area contributed by atoms with Crippen molar-refractivity contribution in [1.29, 1.82) is 0 Å². The molecule has 0 heteroatoms. The summed E-state index contributed by atoms with van der Waals surface area (Å²) in [5.41, 5.74) is 2.91. The third-order valence-electron chi connectivity index (χ3n) is 9.91. The number of hydrogen-bond donors (Lipinski definition) is 0. The van der Waals surface area contributed by atoms with Crippen molar-refractivity contribution in [3.63, 3.8) is 0 Å². The molecular weight excluding hydrogens is 324 g/mol. The molecule has 0 spiro atoms. The van der Waals surface area contributed by atoms with Crippen LogP contribution in [0.1, 0.15) is 98.8 Å². The molecule has 0 aromatic rings. The van der Waals surface area contributed by atoms with Crippen LogP contribution in [0.5, 0.6) is 0 Å². The van der Waals surface area contributed by atoms with Crippen molar-refractivity contribution in [3.05, 3.63) is 23.8 Å². The molecule has 7 atom stereocenters. The van der Waals surface area contributed by atoms with Crippen LogP contribution in [-0.2, 0) is 0 Å². The first-order chi connectivity index (χ1) is 12.9. The van der Waals surface area contributed by atoms with E-state index >= 15 is 0 Å². The van der Waals surface area contributed by atoms with Crippen LogP contribution in [-0.4, -0.2) is 0 Å². The van der Waals surface area contributed by atoms with Crippen LogP contribution in [0, 0.1) is 46.3 Å². The molecule has 5 unspecified atom stereocenters. The van der Waals surface area contributed by atoms with Gasteiger partial charge < -0.3 is 0 Å². The van der Waals surface area contributed by atoms with Gasteiger partial charge in [-0.3, -0.25) is 0 Å². The summed E-state index contributed by atoms with van der Waals surface area (Å²) in [6.45, 7) is 12.7. The van der Waals surface area contributed by atoms with Gasteiger partial charge in [-0.25, -0.2) is 0 Å². The largest absolute Gasteiger partial charge is 0.0837 e. The van der Waals surface area contributed by atoms with Crippen molar-refractivity contribution in [1.82, 2.24) is 0 Å². The van der Waals surface area contributed by atoms with Gasteiger partial charge in [0, 0.05) is 0 Å². The maximum atomic E-state index is 2.72. The topological polar surface area (TPSA) is 0 Å². The van der Waals surface area contributed by atoms with Crippen LogP contribution in [0.4, 0.5) is 0 Å². The Hall–Kier alpha value is -0.520. The molecule has 3 fully saturated rings. The molecule has 0 aromatic carbocycles. The van der Waals surface area contributed by atoms with Gasteiger partial charge in [-0.05, 0) is 91.3 Å². The first kappa shape index (κ1) is 19.8. The molecular formula is C27H44. The van der Waals surface area contributed by atoms with Gasteiger partial charge in [0.2, 0.25) is 0 Å².